The molecule has 1 amide bonds. The van der Waals surface area contributed by atoms with Gasteiger partial charge in [-0.15, -0.1) is 12.4 Å². The highest BCUT2D eigenvalue weighted by atomic mass is 35.5. The zero-order chi connectivity index (χ0) is 20.2. The summed E-state index contributed by atoms with van der Waals surface area (Å²) in [4.78, 5) is 28.1. The maximum Gasteiger partial charge on any atom is 0.349 e. The number of hydrogen-bond donors (Lipinski definition) is 1. The Morgan fingerprint density at radius 3 is 2.53 bits per heavy atom. The molecule has 5 nitrogen and oxygen atoms in total. The summed E-state index contributed by atoms with van der Waals surface area (Å²) in [6.45, 7) is 4.89. The SMILES string of the molecule is Cc1cc(C2CCCNC2)oc(=O)c1C(=O)N(Cc1ccccc1)CC1CCC1.Cl. The summed E-state index contributed by atoms with van der Waals surface area (Å²) in [5, 5.41) is 3.35. The van der Waals surface area contributed by atoms with Gasteiger partial charge in [-0.1, -0.05) is 36.8 Å². The second-order valence-electron chi connectivity index (χ2n) is 8.51. The number of nitrogens with one attached hydrogen (secondary N) is 1. The molecular weight excluding hydrogens is 400 g/mol. The van der Waals surface area contributed by atoms with E-state index in [-0.39, 0.29) is 29.8 Å². The van der Waals surface area contributed by atoms with E-state index in [1.807, 2.05) is 48.2 Å². The van der Waals surface area contributed by atoms with Crippen molar-refractivity contribution in [1.29, 1.82) is 0 Å². The standard InChI is InChI=1S/C24H30N2O3.ClH/c1-17-13-21(20-11-6-12-25-14-20)29-24(28)22(17)23(27)26(16-19-9-5-10-19)15-18-7-3-2-4-8-18;/h2-4,7-8,13,19-20,25H,5-6,9-12,14-16H2,1H3;1H. The summed E-state index contributed by atoms with van der Waals surface area (Å²) in [5.74, 6) is 1.22. The van der Waals surface area contributed by atoms with Crippen LogP contribution in [0.15, 0.2) is 45.6 Å². The van der Waals surface area contributed by atoms with Crippen LogP contribution < -0.4 is 10.9 Å². The predicted octanol–water partition coefficient (Wildman–Crippen LogP) is 4.28. The number of piperidine rings is 1. The van der Waals surface area contributed by atoms with Crippen LogP contribution in [0, 0.1) is 12.8 Å². The summed E-state index contributed by atoms with van der Waals surface area (Å²) < 4.78 is 5.65. The van der Waals surface area contributed by atoms with E-state index in [4.69, 9.17) is 4.42 Å². The minimum atomic E-state index is -0.498. The molecule has 0 bridgehead atoms. The van der Waals surface area contributed by atoms with Gasteiger partial charge in [-0.3, -0.25) is 4.79 Å². The maximum absolute atomic E-state index is 13.4. The molecule has 2 aliphatic rings. The summed E-state index contributed by atoms with van der Waals surface area (Å²) in [6.07, 6.45) is 5.60. The molecule has 162 valence electrons. The minimum Gasteiger partial charge on any atom is -0.427 e. The van der Waals surface area contributed by atoms with Gasteiger partial charge in [0.05, 0.1) is 0 Å². The highest BCUT2D eigenvalue weighted by Crippen LogP contribution is 2.29. The summed E-state index contributed by atoms with van der Waals surface area (Å²) in [5.41, 5.74) is 1.49. The Morgan fingerprint density at radius 2 is 1.93 bits per heavy atom. The number of amides is 1. The number of aryl methyl sites for hydroxylation is 1. The van der Waals surface area contributed by atoms with Crippen molar-refractivity contribution in [2.45, 2.75) is 51.5 Å². The summed E-state index contributed by atoms with van der Waals surface area (Å²) in [6, 6.07) is 11.9. The molecule has 6 heteroatoms. The third-order valence-corrected chi connectivity index (χ3v) is 6.29. The zero-order valence-corrected chi connectivity index (χ0v) is 18.4. The minimum absolute atomic E-state index is 0. The third-order valence-electron chi connectivity index (χ3n) is 6.29. The fraction of sp³-hybridized carbons (Fsp3) is 0.500. The molecule has 1 unspecified atom stereocenters. The molecular formula is C24H31ClN2O3. The van der Waals surface area contributed by atoms with Gasteiger partial charge in [0, 0.05) is 25.6 Å². The Morgan fingerprint density at radius 1 is 1.17 bits per heavy atom. The van der Waals surface area contributed by atoms with Crippen LogP contribution in [0.25, 0.3) is 0 Å². The van der Waals surface area contributed by atoms with Crippen molar-refractivity contribution >= 4 is 18.3 Å². The smallest absolute Gasteiger partial charge is 0.349 e. The molecule has 2 fully saturated rings. The fourth-order valence-corrected chi connectivity index (χ4v) is 4.35. The molecule has 0 spiro atoms. The van der Waals surface area contributed by atoms with Crippen LogP contribution >= 0.6 is 12.4 Å². The van der Waals surface area contributed by atoms with E-state index in [1.165, 1.54) is 6.42 Å². The van der Waals surface area contributed by atoms with Gasteiger partial charge in [0.1, 0.15) is 11.3 Å². The van der Waals surface area contributed by atoms with Gasteiger partial charge in [-0.05, 0) is 62.3 Å². The Balaban J connectivity index is 0.00000256. The van der Waals surface area contributed by atoms with Crippen LogP contribution in [0.1, 0.15) is 65.3 Å². The predicted molar refractivity (Wildman–Crippen MR) is 120 cm³/mol. The van der Waals surface area contributed by atoms with Crippen LogP contribution in [0.4, 0.5) is 0 Å². The van der Waals surface area contributed by atoms with Crippen molar-refractivity contribution in [3.05, 3.63) is 69.3 Å². The lowest BCUT2D eigenvalue weighted by Gasteiger charge is -2.32. The normalized spacial score (nSPS) is 18.9. The van der Waals surface area contributed by atoms with E-state index in [0.29, 0.717) is 24.8 Å². The first kappa shape index (κ1) is 22.6. The number of nitrogens with zero attached hydrogens (tertiary/aromatic N) is 1. The van der Waals surface area contributed by atoms with Crippen molar-refractivity contribution < 1.29 is 9.21 Å². The Bertz CT molecular complexity index is 902. The van der Waals surface area contributed by atoms with E-state index in [1.54, 1.807) is 0 Å². The lowest BCUT2D eigenvalue weighted by atomic mass is 9.85. The Labute approximate surface area is 184 Å². The zero-order valence-electron chi connectivity index (χ0n) is 17.6. The molecule has 2 aromatic rings. The first-order valence-corrected chi connectivity index (χ1v) is 10.8. The van der Waals surface area contributed by atoms with Gasteiger partial charge >= 0.3 is 5.63 Å². The lowest BCUT2D eigenvalue weighted by Crippen LogP contribution is -2.39. The first-order chi connectivity index (χ1) is 14.1. The monoisotopic (exact) mass is 430 g/mol. The topological polar surface area (TPSA) is 62.6 Å². The molecule has 1 saturated heterocycles. The number of rotatable bonds is 6. The fourth-order valence-electron chi connectivity index (χ4n) is 4.35. The highest BCUT2D eigenvalue weighted by Gasteiger charge is 2.28. The molecule has 1 aromatic carbocycles. The average Bonchev–Trinajstić information content (AvgIpc) is 2.70. The van der Waals surface area contributed by atoms with E-state index < -0.39 is 5.63 Å². The molecule has 1 aromatic heterocycles. The molecule has 1 aliphatic heterocycles. The van der Waals surface area contributed by atoms with Gasteiger partial charge in [0.25, 0.3) is 5.91 Å². The van der Waals surface area contributed by atoms with Crippen molar-refractivity contribution in [2.24, 2.45) is 5.92 Å². The van der Waals surface area contributed by atoms with Crippen LogP contribution in [-0.2, 0) is 6.54 Å². The van der Waals surface area contributed by atoms with E-state index in [9.17, 15) is 9.59 Å². The number of halogens is 1. The number of carbonyl (C=O) groups is 1. The van der Waals surface area contributed by atoms with Crippen molar-refractivity contribution in [2.75, 3.05) is 19.6 Å². The molecule has 1 aliphatic carbocycles. The lowest BCUT2D eigenvalue weighted by molar-refractivity contribution is 0.0673. The van der Waals surface area contributed by atoms with E-state index in [2.05, 4.69) is 5.32 Å². The van der Waals surface area contributed by atoms with Crippen molar-refractivity contribution in [1.82, 2.24) is 10.2 Å². The molecule has 1 N–H and O–H groups in total. The molecule has 30 heavy (non-hydrogen) atoms. The van der Waals surface area contributed by atoms with Gasteiger partial charge < -0.3 is 14.6 Å². The molecule has 1 atom stereocenters. The first-order valence-electron chi connectivity index (χ1n) is 10.8. The van der Waals surface area contributed by atoms with Crippen LogP contribution in [0.2, 0.25) is 0 Å². The number of carbonyl (C=O) groups excluding carboxylic acids is 1. The largest absolute Gasteiger partial charge is 0.427 e. The molecule has 1 saturated carbocycles. The van der Waals surface area contributed by atoms with E-state index >= 15 is 0 Å². The summed E-state index contributed by atoms with van der Waals surface area (Å²) in [7, 11) is 0. The molecule has 2 heterocycles. The quantitative estimate of drug-likeness (QED) is 0.742. The van der Waals surface area contributed by atoms with Gasteiger partial charge in [0.15, 0.2) is 0 Å². The summed E-state index contributed by atoms with van der Waals surface area (Å²) >= 11 is 0. The van der Waals surface area contributed by atoms with Gasteiger partial charge in [-0.2, -0.15) is 0 Å². The second-order valence-corrected chi connectivity index (χ2v) is 8.51. The molecule has 4 rings (SSSR count). The van der Waals surface area contributed by atoms with Gasteiger partial charge in [-0.25, -0.2) is 4.79 Å². The van der Waals surface area contributed by atoms with Crippen LogP contribution in [0.5, 0.6) is 0 Å². The average molecular weight is 431 g/mol. The van der Waals surface area contributed by atoms with Crippen LogP contribution in [0.3, 0.4) is 0 Å². The Hall–Kier alpha value is -2.11. The van der Waals surface area contributed by atoms with Crippen LogP contribution in [-0.4, -0.2) is 30.4 Å². The number of benzene rings is 1. The second kappa shape index (κ2) is 10.3. The Kier molecular flexibility index (Phi) is 7.73. The van der Waals surface area contributed by atoms with Gasteiger partial charge in [0.2, 0.25) is 0 Å². The van der Waals surface area contributed by atoms with Crippen molar-refractivity contribution in [3.63, 3.8) is 0 Å². The van der Waals surface area contributed by atoms with Crippen molar-refractivity contribution in [3.8, 4) is 0 Å². The third kappa shape index (κ3) is 5.13. The highest BCUT2D eigenvalue weighted by molar-refractivity contribution is 5.95. The maximum atomic E-state index is 13.4. The molecule has 0 radical (unpaired) electrons. The van der Waals surface area contributed by atoms with E-state index in [0.717, 1.165) is 49.9 Å². The number of hydrogen-bond acceptors (Lipinski definition) is 4.